The van der Waals surface area contributed by atoms with Crippen LogP contribution in [-0.4, -0.2) is 53.1 Å². The van der Waals surface area contributed by atoms with Gasteiger partial charge in [0.15, 0.2) is 0 Å². The maximum Gasteiger partial charge on any atom is 0.407 e. The smallest absolute Gasteiger partial charge is 0.407 e. The lowest BCUT2D eigenvalue weighted by atomic mass is 10.1. The Morgan fingerprint density at radius 2 is 2.14 bits per heavy atom. The second-order valence-electron chi connectivity index (χ2n) is 4.00. The first-order chi connectivity index (χ1) is 6.70. The molecule has 1 amide bonds. The van der Waals surface area contributed by atoms with Crippen molar-refractivity contribution in [3.63, 3.8) is 0 Å². The lowest BCUT2D eigenvalue weighted by Crippen LogP contribution is -2.51. The Hall–Kier alpha value is -0.810. The fourth-order valence-corrected chi connectivity index (χ4v) is 1.86. The van der Waals surface area contributed by atoms with Crippen LogP contribution in [0.2, 0.25) is 0 Å². The summed E-state index contributed by atoms with van der Waals surface area (Å²) < 4.78 is 5.58. The molecule has 14 heavy (non-hydrogen) atoms. The minimum atomic E-state index is -0.919. The van der Waals surface area contributed by atoms with Crippen molar-refractivity contribution in [3.8, 4) is 0 Å². The highest BCUT2D eigenvalue weighted by Crippen LogP contribution is 2.36. The van der Waals surface area contributed by atoms with Crippen LogP contribution in [0.15, 0.2) is 0 Å². The van der Waals surface area contributed by atoms with Crippen molar-refractivity contribution in [1.82, 2.24) is 4.90 Å². The van der Waals surface area contributed by atoms with E-state index in [9.17, 15) is 4.79 Å². The molecular weight excluding hydrogens is 186 g/mol. The Balaban J connectivity index is 1.96. The van der Waals surface area contributed by atoms with Crippen molar-refractivity contribution in [2.45, 2.75) is 25.0 Å². The second kappa shape index (κ2) is 3.74. The number of carboxylic acid groups (broad SMARTS) is 1. The van der Waals surface area contributed by atoms with Crippen molar-refractivity contribution >= 4 is 6.09 Å². The van der Waals surface area contributed by atoms with Gasteiger partial charge in [-0.2, -0.15) is 0 Å². The van der Waals surface area contributed by atoms with Gasteiger partial charge in [0.1, 0.15) is 0 Å². The molecule has 2 fully saturated rings. The summed E-state index contributed by atoms with van der Waals surface area (Å²) in [4.78, 5) is 12.1. The van der Waals surface area contributed by atoms with E-state index in [1.165, 1.54) is 4.90 Å². The molecule has 2 N–H and O–H groups in total. The number of morpholine rings is 1. The average Bonchev–Trinajstić information content (AvgIpc) is 3.00. The number of amides is 1. The van der Waals surface area contributed by atoms with Gasteiger partial charge in [0, 0.05) is 0 Å². The zero-order valence-corrected chi connectivity index (χ0v) is 7.93. The van der Waals surface area contributed by atoms with Crippen LogP contribution in [-0.2, 0) is 4.74 Å². The van der Waals surface area contributed by atoms with Gasteiger partial charge in [0.25, 0.3) is 0 Å². The number of nitrogens with zero attached hydrogens (tertiary/aromatic N) is 1. The summed E-state index contributed by atoms with van der Waals surface area (Å²) in [5.74, 6) is 0.506. The molecule has 0 aromatic heterocycles. The summed E-state index contributed by atoms with van der Waals surface area (Å²) in [6, 6.07) is 0. The van der Waals surface area contributed by atoms with Crippen LogP contribution < -0.4 is 0 Å². The number of ether oxygens (including phenoxy) is 1. The van der Waals surface area contributed by atoms with Gasteiger partial charge in [0.05, 0.1) is 31.9 Å². The first kappa shape index (κ1) is 9.73. The van der Waals surface area contributed by atoms with Gasteiger partial charge in [-0.25, -0.2) is 4.79 Å². The van der Waals surface area contributed by atoms with E-state index in [0.717, 1.165) is 12.8 Å². The van der Waals surface area contributed by atoms with Crippen LogP contribution in [0.4, 0.5) is 4.79 Å². The van der Waals surface area contributed by atoms with Crippen molar-refractivity contribution in [1.29, 1.82) is 0 Å². The van der Waals surface area contributed by atoms with E-state index >= 15 is 0 Å². The molecule has 0 radical (unpaired) electrons. The highest BCUT2D eigenvalue weighted by atomic mass is 16.5. The topological polar surface area (TPSA) is 70.0 Å². The molecule has 2 rings (SSSR count). The maximum absolute atomic E-state index is 10.8. The van der Waals surface area contributed by atoms with Gasteiger partial charge >= 0.3 is 6.09 Å². The molecule has 5 nitrogen and oxygen atoms in total. The first-order valence-electron chi connectivity index (χ1n) is 4.95. The predicted octanol–water partition coefficient (Wildman–Crippen LogP) is 0.136. The van der Waals surface area contributed by atoms with Gasteiger partial charge in [-0.1, -0.05) is 0 Å². The van der Waals surface area contributed by atoms with Crippen molar-refractivity contribution in [2.24, 2.45) is 5.92 Å². The standard InChI is InChI=1S/C9H15NO4/c11-5-7-3-10(9(12)13)4-8(14-7)6-1-2-6/h6-8,11H,1-5H2,(H,12,13). The molecular formula is C9H15NO4. The molecule has 80 valence electrons. The monoisotopic (exact) mass is 201 g/mol. The third kappa shape index (κ3) is 1.99. The Kier molecular flexibility index (Phi) is 2.60. The van der Waals surface area contributed by atoms with Gasteiger partial charge in [-0.15, -0.1) is 0 Å². The number of rotatable bonds is 2. The molecule has 0 aromatic rings. The Morgan fingerprint density at radius 3 is 2.64 bits per heavy atom. The van der Waals surface area contributed by atoms with Crippen LogP contribution in [0.5, 0.6) is 0 Å². The number of hydrogen-bond donors (Lipinski definition) is 2. The third-order valence-electron chi connectivity index (χ3n) is 2.81. The van der Waals surface area contributed by atoms with Gasteiger partial charge in [0.2, 0.25) is 0 Å². The number of aliphatic hydroxyl groups is 1. The number of hydrogen-bond acceptors (Lipinski definition) is 3. The van der Waals surface area contributed by atoms with Gasteiger partial charge in [-0.05, 0) is 18.8 Å². The van der Waals surface area contributed by atoms with Crippen molar-refractivity contribution in [3.05, 3.63) is 0 Å². The first-order valence-corrected chi connectivity index (χ1v) is 4.95. The van der Waals surface area contributed by atoms with Crippen LogP contribution in [0.25, 0.3) is 0 Å². The maximum atomic E-state index is 10.8. The highest BCUT2D eigenvalue weighted by molar-refractivity contribution is 5.65. The lowest BCUT2D eigenvalue weighted by Gasteiger charge is -2.36. The van der Waals surface area contributed by atoms with Crippen LogP contribution in [0.3, 0.4) is 0 Å². The quantitative estimate of drug-likeness (QED) is 0.666. The molecule has 0 bridgehead atoms. The summed E-state index contributed by atoms with van der Waals surface area (Å²) in [6.07, 6.45) is 0.979. The molecule has 5 heteroatoms. The minimum Gasteiger partial charge on any atom is -0.465 e. The molecule has 1 aliphatic heterocycles. The van der Waals surface area contributed by atoms with E-state index in [2.05, 4.69) is 0 Å². The Morgan fingerprint density at radius 1 is 1.43 bits per heavy atom. The summed E-state index contributed by atoms with van der Waals surface area (Å²) in [5, 5.41) is 17.8. The molecule has 1 saturated carbocycles. The summed E-state index contributed by atoms with van der Waals surface area (Å²) in [7, 11) is 0. The van der Waals surface area contributed by atoms with E-state index in [1.54, 1.807) is 0 Å². The molecule has 2 unspecified atom stereocenters. The molecule has 1 heterocycles. The summed E-state index contributed by atoms with van der Waals surface area (Å²) in [5.41, 5.74) is 0. The van der Waals surface area contributed by atoms with Crippen LogP contribution in [0, 0.1) is 5.92 Å². The normalized spacial score (nSPS) is 33.1. The zero-order chi connectivity index (χ0) is 10.1. The van der Waals surface area contributed by atoms with E-state index in [-0.39, 0.29) is 25.4 Å². The molecule has 2 atom stereocenters. The van der Waals surface area contributed by atoms with E-state index in [4.69, 9.17) is 14.9 Å². The summed E-state index contributed by atoms with van der Waals surface area (Å²) in [6.45, 7) is 0.637. The van der Waals surface area contributed by atoms with Crippen LogP contribution >= 0.6 is 0 Å². The van der Waals surface area contributed by atoms with Crippen LogP contribution in [0.1, 0.15) is 12.8 Å². The van der Waals surface area contributed by atoms with E-state index in [1.807, 2.05) is 0 Å². The zero-order valence-electron chi connectivity index (χ0n) is 7.93. The van der Waals surface area contributed by atoms with Crippen molar-refractivity contribution < 1.29 is 19.7 Å². The Labute approximate surface area is 82.3 Å². The third-order valence-corrected chi connectivity index (χ3v) is 2.81. The number of aliphatic hydroxyl groups excluding tert-OH is 1. The largest absolute Gasteiger partial charge is 0.465 e. The molecule has 2 aliphatic rings. The second-order valence-corrected chi connectivity index (χ2v) is 4.00. The summed E-state index contributed by atoms with van der Waals surface area (Å²) >= 11 is 0. The van der Waals surface area contributed by atoms with E-state index in [0.29, 0.717) is 12.5 Å². The highest BCUT2D eigenvalue weighted by Gasteiger charge is 2.39. The fraction of sp³-hybridized carbons (Fsp3) is 0.889. The molecule has 1 saturated heterocycles. The fourth-order valence-electron chi connectivity index (χ4n) is 1.86. The molecule has 1 aliphatic carbocycles. The van der Waals surface area contributed by atoms with Gasteiger partial charge < -0.3 is 19.8 Å². The average molecular weight is 201 g/mol. The van der Waals surface area contributed by atoms with Crippen molar-refractivity contribution in [2.75, 3.05) is 19.7 Å². The Bertz CT molecular complexity index is 229. The minimum absolute atomic E-state index is 0.00278. The lowest BCUT2D eigenvalue weighted by molar-refractivity contribution is -0.103. The predicted molar refractivity (Wildman–Crippen MR) is 48.1 cm³/mol. The van der Waals surface area contributed by atoms with E-state index < -0.39 is 6.09 Å². The molecule has 0 spiro atoms. The van der Waals surface area contributed by atoms with Gasteiger partial charge in [-0.3, -0.25) is 0 Å². The SMILES string of the molecule is O=C(O)N1CC(CO)OC(C2CC2)C1. The number of carbonyl (C=O) groups is 1. The molecule has 0 aromatic carbocycles.